The van der Waals surface area contributed by atoms with Gasteiger partial charge in [-0.05, 0) is 41.1 Å². The lowest BCUT2D eigenvalue weighted by molar-refractivity contribution is -0.132. The van der Waals surface area contributed by atoms with Gasteiger partial charge in [0.1, 0.15) is 0 Å². The van der Waals surface area contributed by atoms with E-state index in [2.05, 4.69) is 21.2 Å². The molecule has 5 heteroatoms. The topological polar surface area (TPSA) is 49.3 Å². The van der Waals surface area contributed by atoms with Crippen LogP contribution in [0.1, 0.15) is 6.92 Å². The molecular formula is C11H11BrClNO2. The molecule has 2 N–H and O–H groups in total. The SMILES string of the molecule is C/C(=C/CNc1ccc(Cl)c(Br)c1)C(=O)O. The van der Waals surface area contributed by atoms with Crippen LogP contribution in [0.4, 0.5) is 5.69 Å². The van der Waals surface area contributed by atoms with Crippen LogP contribution in [0.3, 0.4) is 0 Å². The van der Waals surface area contributed by atoms with Crippen molar-refractivity contribution in [2.24, 2.45) is 0 Å². The molecular weight excluding hydrogens is 293 g/mol. The van der Waals surface area contributed by atoms with Crippen LogP contribution in [0.2, 0.25) is 5.02 Å². The Morgan fingerprint density at radius 1 is 1.62 bits per heavy atom. The van der Waals surface area contributed by atoms with Gasteiger partial charge in [-0.15, -0.1) is 0 Å². The summed E-state index contributed by atoms with van der Waals surface area (Å²) >= 11 is 9.15. The van der Waals surface area contributed by atoms with E-state index in [-0.39, 0.29) is 0 Å². The Bertz CT molecular complexity index is 432. The Hall–Kier alpha value is -1.00. The highest BCUT2D eigenvalue weighted by Gasteiger charge is 1.99. The monoisotopic (exact) mass is 303 g/mol. The number of rotatable bonds is 4. The molecule has 16 heavy (non-hydrogen) atoms. The van der Waals surface area contributed by atoms with Gasteiger partial charge in [0.05, 0.1) is 5.02 Å². The van der Waals surface area contributed by atoms with E-state index < -0.39 is 5.97 Å². The molecule has 0 aliphatic heterocycles. The van der Waals surface area contributed by atoms with Crippen molar-refractivity contribution in [2.45, 2.75) is 6.92 Å². The van der Waals surface area contributed by atoms with E-state index >= 15 is 0 Å². The molecule has 0 radical (unpaired) electrons. The molecule has 0 atom stereocenters. The number of hydrogen-bond donors (Lipinski definition) is 2. The Labute approximate surface area is 107 Å². The van der Waals surface area contributed by atoms with E-state index in [4.69, 9.17) is 16.7 Å². The van der Waals surface area contributed by atoms with Crippen LogP contribution in [0.15, 0.2) is 34.3 Å². The normalized spacial score (nSPS) is 11.3. The summed E-state index contributed by atoms with van der Waals surface area (Å²) in [7, 11) is 0. The van der Waals surface area contributed by atoms with E-state index in [1.165, 1.54) is 0 Å². The van der Waals surface area contributed by atoms with Crippen LogP contribution < -0.4 is 5.32 Å². The molecule has 0 fully saturated rings. The third kappa shape index (κ3) is 3.87. The molecule has 1 aromatic carbocycles. The number of hydrogen-bond acceptors (Lipinski definition) is 2. The Morgan fingerprint density at radius 2 is 2.31 bits per heavy atom. The number of nitrogens with one attached hydrogen (secondary N) is 1. The Balaban J connectivity index is 2.59. The summed E-state index contributed by atoms with van der Waals surface area (Å²) in [4.78, 5) is 10.5. The summed E-state index contributed by atoms with van der Waals surface area (Å²) < 4.78 is 0.804. The minimum absolute atomic E-state index is 0.320. The highest BCUT2D eigenvalue weighted by atomic mass is 79.9. The van der Waals surface area contributed by atoms with E-state index in [1.54, 1.807) is 19.1 Å². The number of carbonyl (C=O) groups is 1. The first-order valence-corrected chi connectivity index (χ1v) is 5.77. The first-order valence-electron chi connectivity index (χ1n) is 4.59. The van der Waals surface area contributed by atoms with Crippen molar-refractivity contribution < 1.29 is 9.90 Å². The highest BCUT2D eigenvalue weighted by Crippen LogP contribution is 2.25. The Kier molecular flexibility index (Phi) is 4.83. The number of halogens is 2. The van der Waals surface area contributed by atoms with Crippen molar-refractivity contribution in [3.05, 3.63) is 39.3 Å². The van der Waals surface area contributed by atoms with Gasteiger partial charge in [0, 0.05) is 22.3 Å². The van der Waals surface area contributed by atoms with Gasteiger partial charge in [-0.3, -0.25) is 0 Å². The van der Waals surface area contributed by atoms with E-state index in [1.807, 2.05) is 12.1 Å². The second-order valence-corrected chi connectivity index (χ2v) is 4.46. The fraction of sp³-hybridized carbons (Fsp3) is 0.182. The zero-order valence-corrected chi connectivity index (χ0v) is 11.0. The van der Waals surface area contributed by atoms with Crippen molar-refractivity contribution in [3.63, 3.8) is 0 Å². The van der Waals surface area contributed by atoms with Crippen LogP contribution >= 0.6 is 27.5 Å². The van der Waals surface area contributed by atoms with E-state index in [9.17, 15) is 4.79 Å². The van der Waals surface area contributed by atoms with Crippen LogP contribution in [0.25, 0.3) is 0 Å². The molecule has 0 bridgehead atoms. The van der Waals surface area contributed by atoms with Gasteiger partial charge in [0.15, 0.2) is 0 Å². The number of carboxylic acids is 1. The second-order valence-electron chi connectivity index (χ2n) is 3.20. The maximum Gasteiger partial charge on any atom is 0.331 e. The number of aliphatic carboxylic acids is 1. The zero-order valence-electron chi connectivity index (χ0n) is 8.63. The van der Waals surface area contributed by atoms with Crippen molar-refractivity contribution in [2.75, 3.05) is 11.9 Å². The maximum absolute atomic E-state index is 10.5. The lowest BCUT2D eigenvalue weighted by Crippen LogP contribution is -2.02. The molecule has 0 aliphatic rings. The molecule has 3 nitrogen and oxygen atoms in total. The van der Waals surface area contributed by atoms with Gasteiger partial charge in [-0.1, -0.05) is 17.7 Å². The lowest BCUT2D eigenvalue weighted by Gasteiger charge is -2.05. The molecule has 0 saturated heterocycles. The van der Waals surface area contributed by atoms with Crippen LogP contribution in [-0.4, -0.2) is 17.6 Å². The minimum atomic E-state index is -0.904. The largest absolute Gasteiger partial charge is 0.478 e. The molecule has 0 spiro atoms. The van der Waals surface area contributed by atoms with Crippen LogP contribution in [0, 0.1) is 0 Å². The van der Waals surface area contributed by atoms with E-state index in [0.717, 1.165) is 10.2 Å². The summed E-state index contributed by atoms with van der Waals surface area (Å²) in [5.41, 5.74) is 1.20. The summed E-state index contributed by atoms with van der Waals surface area (Å²) in [6.45, 7) is 2.02. The molecule has 86 valence electrons. The highest BCUT2D eigenvalue weighted by molar-refractivity contribution is 9.10. The molecule has 1 rings (SSSR count). The minimum Gasteiger partial charge on any atom is -0.478 e. The Morgan fingerprint density at radius 3 is 2.88 bits per heavy atom. The molecule has 0 amide bonds. The van der Waals surface area contributed by atoms with Crippen molar-refractivity contribution in [1.29, 1.82) is 0 Å². The van der Waals surface area contributed by atoms with E-state index in [0.29, 0.717) is 17.1 Å². The fourth-order valence-corrected chi connectivity index (χ4v) is 1.51. The summed E-state index contributed by atoms with van der Waals surface area (Å²) in [5, 5.41) is 12.4. The predicted molar refractivity (Wildman–Crippen MR) is 69.0 cm³/mol. The maximum atomic E-state index is 10.5. The summed E-state index contributed by atoms with van der Waals surface area (Å²) in [5.74, 6) is -0.904. The van der Waals surface area contributed by atoms with Crippen LogP contribution in [0.5, 0.6) is 0 Å². The van der Waals surface area contributed by atoms with Crippen molar-refractivity contribution in [1.82, 2.24) is 0 Å². The number of carboxylic acid groups (broad SMARTS) is 1. The van der Waals surface area contributed by atoms with Crippen molar-refractivity contribution in [3.8, 4) is 0 Å². The number of anilines is 1. The molecule has 0 unspecified atom stereocenters. The summed E-state index contributed by atoms with van der Waals surface area (Å²) in [6, 6.07) is 5.44. The van der Waals surface area contributed by atoms with Crippen LogP contribution in [-0.2, 0) is 4.79 Å². The first-order chi connectivity index (χ1) is 7.50. The third-order valence-electron chi connectivity index (χ3n) is 1.97. The standard InChI is InChI=1S/C11H11BrClNO2/c1-7(11(15)16)4-5-14-8-2-3-10(13)9(12)6-8/h2-4,6,14H,5H2,1H3,(H,15,16)/b7-4-. The first kappa shape index (κ1) is 13.1. The third-order valence-corrected chi connectivity index (χ3v) is 3.19. The van der Waals surface area contributed by atoms with Gasteiger partial charge in [0.2, 0.25) is 0 Å². The lowest BCUT2D eigenvalue weighted by atomic mass is 10.3. The average Bonchev–Trinajstić information content (AvgIpc) is 2.23. The average molecular weight is 305 g/mol. The van der Waals surface area contributed by atoms with Gasteiger partial charge >= 0.3 is 5.97 Å². The molecule has 0 aromatic heterocycles. The fourth-order valence-electron chi connectivity index (χ4n) is 1.02. The summed E-state index contributed by atoms with van der Waals surface area (Å²) in [6.07, 6.45) is 1.62. The smallest absolute Gasteiger partial charge is 0.331 e. The van der Waals surface area contributed by atoms with Gasteiger partial charge in [0.25, 0.3) is 0 Å². The van der Waals surface area contributed by atoms with Gasteiger partial charge < -0.3 is 10.4 Å². The molecule has 0 aliphatic carbocycles. The zero-order chi connectivity index (χ0) is 12.1. The quantitative estimate of drug-likeness (QED) is 0.836. The number of benzene rings is 1. The molecule has 1 aromatic rings. The van der Waals surface area contributed by atoms with Crippen molar-refractivity contribution >= 4 is 39.2 Å². The van der Waals surface area contributed by atoms with Gasteiger partial charge in [-0.2, -0.15) is 0 Å². The molecule has 0 saturated carbocycles. The van der Waals surface area contributed by atoms with Gasteiger partial charge in [-0.25, -0.2) is 4.79 Å². The second kappa shape index (κ2) is 5.92. The molecule has 0 heterocycles. The predicted octanol–water partition coefficient (Wildman–Crippen LogP) is 3.55.